The van der Waals surface area contributed by atoms with Crippen LogP contribution >= 0.6 is 0 Å². The van der Waals surface area contributed by atoms with Crippen LogP contribution in [0, 0.1) is 5.92 Å². The van der Waals surface area contributed by atoms with Crippen LogP contribution in [0.25, 0.3) is 0 Å². The summed E-state index contributed by atoms with van der Waals surface area (Å²) in [6.45, 7) is 3.52. The molecule has 0 bridgehead atoms. The van der Waals surface area contributed by atoms with E-state index in [1.807, 2.05) is 6.92 Å². The predicted molar refractivity (Wildman–Crippen MR) is 64.8 cm³/mol. The lowest BCUT2D eigenvalue weighted by atomic mass is 10.00. The molecule has 3 fully saturated rings. The van der Waals surface area contributed by atoms with Crippen molar-refractivity contribution in [3.8, 4) is 0 Å². The molecule has 1 aliphatic carbocycles. The maximum atomic E-state index is 12.3. The Hall–Kier alpha value is -1.10. The number of hydrogen-bond donors (Lipinski definition) is 1. The summed E-state index contributed by atoms with van der Waals surface area (Å²) in [6, 6.07) is -0.281. The van der Waals surface area contributed by atoms with Crippen LogP contribution < -0.4 is 5.32 Å². The molecule has 0 spiro atoms. The minimum atomic E-state index is -0.281. The van der Waals surface area contributed by atoms with Crippen molar-refractivity contribution in [2.45, 2.75) is 44.2 Å². The molecule has 3 aliphatic rings. The van der Waals surface area contributed by atoms with Crippen LogP contribution in [0.15, 0.2) is 0 Å². The van der Waals surface area contributed by atoms with Crippen molar-refractivity contribution >= 4 is 11.8 Å². The lowest BCUT2D eigenvalue weighted by molar-refractivity contribution is -0.148. The van der Waals surface area contributed by atoms with E-state index in [4.69, 9.17) is 4.74 Å². The van der Waals surface area contributed by atoms with Crippen LogP contribution in [0.2, 0.25) is 0 Å². The molecular weight excluding hydrogens is 232 g/mol. The highest BCUT2D eigenvalue weighted by Crippen LogP contribution is 2.35. The summed E-state index contributed by atoms with van der Waals surface area (Å²) in [4.78, 5) is 25.7. The second-order valence-corrected chi connectivity index (χ2v) is 5.98. The van der Waals surface area contributed by atoms with Crippen molar-refractivity contribution in [1.82, 2.24) is 10.2 Å². The van der Waals surface area contributed by atoms with E-state index in [-0.39, 0.29) is 30.0 Å². The molecule has 0 aromatic rings. The molecule has 0 aromatic heterocycles. The SMILES string of the molecule is CC1(CN2CC(=O)NC(C3CC3)C2=O)CCCO1. The molecule has 2 atom stereocenters. The monoisotopic (exact) mass is 252 g/mol. The summed E-state index contributed by atoms with van der Waals surface area (Å²) in [5, 5.41) is 2.82. The Morgan fingerprint density at radius 2 is 2.22 bits per heavy atom. The van der Waals surface area contributed by atoms with Gasteiger partial charge in [0.2, 0.25) is 11.8 Å². The molecule has 5 nitrogen and oxygen atoms in total. The Bertz CT molecular complexity index is 372. The van der Waals surface area contributed by atoms with Crippen molar-refractivity contribution in [1.29, 1.82) is 0 Å². The minimum absolute atomic E-state index is 0.0342. The number of nitrogens with one attached hydrogen (secondary N) is 1. The van der Waals surface area contributed by atoms with Gasteiger partial charge in [-0.15, -0.1) is 0 Å². The van der Waals surface area contributed by atoms with E-state index in [1.165, 1.54) is 0 Å². The molecule has 100 valence electrons. The van der Waals surface area contributed by atoms with Crippen LogP contribution in [0.5, 0.6) is 0 Å². The molecule has 1 N–H and O–H groups in total. The topological polar surface area (TPSA) is 58.6 Å². The average Bonchev–Trinajstić information content (AvgIpc) is 3.07. The van der Waals surface area contributed by atoms with E-state index in [2.05, 4.69) is 5.32 Å². The number of hydrogen-bond acceptors (Lipinski definition) is 3. The van der Waals surface area contributed by atoms with Gasteiger partial charge in [-0.25, -0.2) is 0 Å². The number of piperazine rings is 1. The molecule has 2 amide bonds. The summed E-state index contributed by atoms with van der Waals surface area (Å²) in [5.74, 6) is 0.406. The molecular formula is C13H20N2O3. The first-order valence-electron chi connectivity index (χ1n) is 6.79. The van der Waals surface area contributed by atoms with Crippen LogP contribution in [-0.4, -0.2) is 48.1 Å². The second kappa shape index (κ2) is 4.23. The van der Waals surface area contributed by atoms with Gasteiger partial charge < -0.3 is 15.0 Å². The normalized spacial score (nSPS) is 36.9. The quantitative estimate of drug-likeness (QED) is 0.785. The molecule has 0 aromatic carbocycles. The molecule has 3 rings (SSSR count). The van der Waals surface area contributed by atoms with E-state index in [0.29, 0.717) is 12.5 Å². The van der Waals surface area contributed by atoms with Crippen molar-refractivity contribution in [3.63, 3.8) is 0 Å². The lowest BCUT2D eigenvalue weighted by Crippen LogP contribution is -2.61. The van der Waals surface area contributed by atoms with Gasteiger partial charge in [-0.05, 0) is 38.5 Å². The number of rotatable bonds is 3. The molecule has 0 radical (unpaired) electrons. The third-order valence-electron chi connectivity index (χ3n) is 4.15. The van der Waals surface area contributed by atoms with Crippen LogP contribution in [0.4, 0.5) is 0 Å². The summed E-state index contributed by atoms with van der Waals surface area (Å²) in [5.41, 5.74) is -0.263. The Labute approximate surface area is 107 Å². The summed E-state index contributed by atoms with van der Waals surface area (Å²) >= 11 is 0. The van der Waals surface area contributed by atoms with Gasteiger partial charge >= 0.3 is 0 Å². The molecule has 2 aliphatic heterocycles. The Kier molecular flexibility index (Phi) is 2.81. The van der Waals surface area contributed by atoms with Gasteiger partial charge in [-0.2, -0.15) is 0 Å². The van der Waals surface area contributed by atoms with Crippen molar-refractivity contribution in [2.75, 3.05) is 19.7 Å². The van der Waals surface area contributed by atoms with Crippen LogP contribution in [0.1, 0.15) is 32.6 Å². The summed E-state index contributed by atoms with van der Waals surface area (Å²) in [7, 11) is 0. The highest BCUT2D eigenvalue weighted by molar-refractivity contribution is 5.95. The number of carbonyl (C=O) groups is 2. The number of ether oxygens (including phenoxy) is 1. The van der Waals surface area contributed by atoms with Gasteiger partial charge in [-0.3, -0.25) is 9.59 Å². The third kappa shape index (κ3) is 2.23. The molecule has 18 heavy (non-hydrogen) atoms. The fourth-order valence-corrected chi connectivity index (χ4v) is 2.98. The van der Waals surface area contributed by atoms with Gasteiger partial charge in [0.25, 0.3) is 0 Å². The lowest BCUT2D eigenvalue weighted by Gasteiger charge is -2.37. The zero-order chi connectivity index (χ0) is 12.8. The highest BCUT2D eigenvalue weighted by Gasteiger charge is 2.44. The van der Waals surface area contributed by atoms with Gasteiger partial charge in [0, 0.05) is 6.61 Å². The maximum absolute atomic E-state index is 12.3. The van der Waals surface area contributed by atoms with E-state index < -0.39 is 0 Å². The number of amides is 2. The first kappa shape index (κ1) is 12.0. The largest absolute Gasteiger partial charge is 0.373 e. The standard InChI is InChI=1S/C13H20N2O3/c1-13(5-2-6-18-13)8-15-7-10(16)14-11(12(15)17)9-3-4-9/h9,11H,2-8H2,1H3,(H,14,16). The second-order valence-electron chi connectivity index (χ2n) is 5.98. The predicted octanol–water partition coefficient (Wildman–Crippen LogP) is 0.293. The first-order chi connectivity index (χ1) is 8.57. The van der Waals surface area contributed by atoms with Crippen molar-refractivity contribution in [2.24, 2.45) is 5.92 Å². The van der Waals surface area contributed by atoms with E-state index in [1.54, 1.807) is 4.90 Å². The third-order valence-corrected chi connectivity index (χ3v) is 4.15. The Morgan fingerprint density at radius 3 is 2.83 bits per heavy atom. The van der Waals surface area contributed by atoms with Gasteiger partial charge in [0.15, 0.2) is 0 Å². The summed E-state index contributed by atoms with van der Waals surface area (Å²) < 4.78 is 5.71. The molecule has 2 unspecified atom stereocenters. The molecule has 1 saturated carbocycles. The van der Waals surface area contributed by atoms with E-state index in [9.17, 15) is 9.59 Å². The van der Waals surface area contributed by atoms with Crippen molar-refractivity contribution < 1.29 is 14.3 Å². The van der Waals surface area contributed by atoms with Gasteiger partial charge in [-0.1, -0.05) is 0 Å². The molecule has 5 heteroatoms. The van der Waals surface area contributed by atoms with E-state index >= 15 is 0 Å². The Balaban J connectivity index is 1.69. The highest BCUT2D eigenvalue weighted by atomic mass is 16.5. The number of nitrogens with zero attached hydrogens (tertiary/aromatic N) is 1. The minimum Gasteiger partial charge on any atom is -0.373 e. The zero-order valence-electron chi connectivity index (χ0n) is 10.8. The smallest absolute Gasteiger partial charge is 0.246 e. The van der Waals surface area contributed by atoms with Gasteiger partial charge in [0.1, 0.15) is 6.04 Å². The molecule has 2 saturated heterocycles. The van der Waals surface area contributed by atoms with Gasteiger partial charge in [0.05, 0.1) is 18.7 Å². The van der Waals surface area contributed by atoms with Crippen molar-refractivity contribution in [3.05, 3.63) is 0 Å². The zero-order valence-corrected chi connectivity index (χ0v) is 10.8. The van der Waals surface area contributed by atoms with E-state index in [0.717, 1.165) is 32.3 Å². The number of carbonyl (C=O) groups excluding carboxylic acids is 2. The Morgan fingerprint density at radius 1 is 1.44 bits per heavy atom. The fraction of sp³-hybridized carbons (Fsp3) is 0.846. The fourth-order valence-electron chi connectivity index (χ4n) is 2.98. The maximum Gasteiger partial charge on any atom is 0.246 e. The molecule has 2 heterocycles. The average molecular weight is 252 g/mol. The summed E-state index contributed by atoms with van der Waals surface area (Å²) in [6.07, 6.45) is 4.11. The van der Waals surface area contributed by atoms with Crippen LogP contribution in [-0.2, 0) is 14.3 Å². The first-order valence-corrected chi connectivity index (χ1v) is 6.79. The van der Waals surface area contributed by atoms with Crippen LogP contribution in [0.3, 0.4) is 0 Å².